The van der Waals surface area contributed by atoms with Crippen LogP contribution in [0, 0.1) is 11.8 Å². The SMILES string of the molecule is C[C@@H]1[C@@H](NC(=O)OC(C)(C)C)c2ncccc2N[C@H]1C1CCCC1. The molecule has 2 heterocycles. The van der Waals surface area contributed by atoms with Crippen LogP contribution in [0.4, 0.5) is 10.5 Å². The third-order valence-corrected chi connectivity index (χ3v) is 5.13. The van der Waals surface area contributed by atoms with E-state index >= 15 is 0 Å². The summed E-state index contributed by atoms with van der Waals surface area (Å²) in [5.41, 5.74) is 1.44. The van der Waals surface area contributed by atoms with E-state index in [1.165, 1.54) is 25.7 Å². The molecular weight excluding hydrogens is 302 g/mol. The fourth-order valence-corrected chi connectivity index (χ4v) is 4.05. The molecule has 2 N–H and O–H groups in total. The fourth-order valence-electron chi connectivity index (χ4n) is 4.05. The maximum Gasteiger partial charge on any atom is 0.408 e. The molecule has 3 rings (SSSR count). The van der Waals surface area contributed by atoms with Gasteiger partial charge in [0, 0.05) is 18.2 Å². The Morgan fingerprint density at radius 2 is 2.04 bits per heavy atom. The lowest BCUT2D eigenvalue weighted by molar-refractivity contribution is 0.0475. The molecule has 0 saturated heterocycles. The summed E-state index contributed by atoms with van der Waals surface area (Å²) in [6.45, 7) is 7.85. The normalized spacial score (nSPS) is 27.2. The predicted octanol–water partition coefficient (Wildman–Crippen LogP) is 4.27. The minimum atomic E-state index is -0.502. The summed E-state index contributed by atoms with van der Waals surface area (Å²) in [7, 11) is 0. The molecule has 24 heavy (non-hydrogen) atoms. The van der Waals surface area contributed by atoms with Crippen LogP contribution in [0.15, 0.2) is 18.3 Å². The molecule has 1 aliphatic heterocycles. The second-order valence-corrected chi connectivity index (χ2v) is 8.13. The Morgan fingerprint density at radius 3 is 2.71 bits per heavy atom. The topological polar surface area (TPSA) is 63.2 Å². The third-order valence-electron chi connectivity index (χ3n) is 5.13. The molecule has 132 valence electrons. The summed E-state index contributed by atoms with van der Waals surface area (Å²) < 4.78 is 5.47. The lowest BCUT2D eigenvalue weighted by Crippen LogP contribution is -2.48. The highest BCUT2D eigenvalue weighted by molar-refractivity contribution is 5.69. The first-order chi connectivity index (χ1) is 11.3. The predicted molar refractivity (Wildman–Crippen MR) is 94.9 cm³/mol. The van der Waals surface area contributed by atoms with E-state index < -0.39 is 5.60 Å². The Balaban J connectivity index is 1.83. The number of anilines is 1. The van der Waals surface area contributed by atoms with Gasteiger partial charge in [0.15, 0.2) is 0 Å². The molecule has 5 nitrogen and oxygen atoms in total. The number of nitrogens with zero attached hydrogens (tertiary/aromatic N) is 1. The smallest absolute Gasteiger partial charge is 0.408 e. The summed E-state index contributed by atoms with van der Waals surface area (Å²) in [6.07, 6.45) is 6.54. The Morgan fingerprint density at radius 1 is 1.33 bits per heavy atom. The summed E-state index contributed by atoms with van der Waals surface area (Å²) in [4.78, 5) is 16.9. The van der Waals surface area contributed by atoms with Crippen molar-refractivity contribution in [1.82, 2.24) is 10.3 Å². The molecule has 1 amide bonds. The van der Waals surface area contributed by atoms with Crippen LogP contribution in [0.3, 0.4) is 0 Å². The van der Waals surface area contributed by atoms with E-state index in [9.17, 15) is 4.79 Å². The second kappa shape index (κ2) is 6.61. The summed E-state index contributed by atoms with van der Waals surface area (Å²) in [5, 5.41) is 6.76. The van der Waals surface area contributed by atoms with Crippen LogP contribution in [-0.2, 0) is 4.74 Å². The van der Waals surface area contributed by atoms with Crippen molar-refractivity contribution in [3.8, 4) is 0 Å². The average molecular weight is 331 g/mol. The van der Waals surface area contributed by atoms with Crippen molar-refractivity contribution >= 4 is 11.8 Å². The van der Waals surface area contributed by atoms with Crippen molar-refractivity contribution in [1.29, 1.82) is 0 Å². The maximum absolute atomic E-state index is 12.3. The van der Waals surface area contributed by atoms with Gasteiger partial charge >= 0.3 is 6.09 Å². The minimum absolute atomic E-state index is 0.122. The quantitative estimate of drug-likeness (QED) is 0.849. The van der Waals surface area contributed by atoms with E-state index in [1.54, 1.807) is 6.20 Å². The number of hydrogen-bond donors (Lipinski definition) is 2. The van der Waals surface area contributed by atoms with Crippen LogP contribution >= 0.6 is 0 Å². The highest BCUT2D eigenvalue weighted by Gasteiger charge is 2.40. The number of alkyl carbamates (subject to hydrolysis) is 1. The molecular formula is C19H29N3O2. The Bertz CT molecular complexity index is 591. The van der Waals surface area contributed by atoms with Gasteiger partial charge in [-0.1, -0.05) is 19.8 Å². The largest absolute Gasteiger partial charge is 0.444 e. The number of nitrogens with one attached hydrogen (secondary N) is 2. The number of pyridine rings is 1. The van der Waals surface area contributed by atoms with Gasteiger partial charge in [0.25, 0.3) is 0 Å². The first kappa shape index (κ1) is 17.1. The zero-order valence-electron chi connectivity index (χ0n) is 15.1. The maximum atomic E-state index is 12.3. The Labute approximate surface area is 144 Å². The highest BCUT2D eigenvalue weighted by Crippen LogP contribution is 2.42. The first-order valence-corrected chi connectivity index (χ1v) is 9.06. The number of hydrogen-bond acceptors (Lipinski definition) is 4. The summed E-state index contributed by atoms with van der Waals surface area (Å²) >= 11 is 0. The number of carbonyl (C=O) groups is 1. The van der Waals surface area contributed by atoms with Crippen molar-refractivity contribution in [2.75, 3.05) is 5.32 Å². The number of aromatic nitrogens is 1. The number of amides is 1. The van der Waals surface area contributed by atoms with Crippen molar-refractivity contribution in [2.24, 2.45) is 11.8 Å². The van der Waals surface area contributed by atoms with E-state index in [-0.39, 0.29) is 18.1 Å². The Hall–Kier alpha value is -1.78. The molecule has 1 aliphatic carbocycles. The van der Waals surface area contributed by atoms with E-state index in [0.29, 0.717) is 12.0 Å². The van der Waals surface area contributed by atoms with Crippen molar-refractivity contribution < 1.29 is 9.53 Å². The zero-order chi connectivity index (χ0) is 17.3. The van der Waals surface area contributed by atoms with Crippen LogP contribution in [0.25, 0.3) is 0 Å². The van der Waals surface area contributed by atoms with E-state index in [2.05, 4.69) is 28.6 Å². The van der Waals surface area contributed by atoms with E-state index in [1.807, 2.05) is 26.8 Å². The Kier molecular flexibility index (Phi) is 4.70. The molecule has 0 aromatic carbocycles. The molecule has 0 spiro atoms. The molecule has 1 saturated carbocycles. The molecule has 0 radical (unpaired) electrons. The van der Waals surface area contributed by atoms with Gasteiger partial charge in [-0.15, -0.1) is 0 Å². The summed E-state index contributed by atoms with van der Waals surface area (Å²) in [5.74, 6) is 0.930. The molecule has 2 aliphatic rings. The number of carbonyl (C=O) groups excluding carboxylic acids is 1. The average Bonchev–Trinajstić information content (AvgIpc) is 3.02. The molecule has 3 atom stereocenters. The molecule has 0 unspecified atom stereocenters. The van der Waals surface area contributed by atoms with Gasteiger partial charge in [-0.3, -0.25) is 4.98 Å². The van der Waals surface area contributed by atoms with Gasteiger partial charge in [-0.25, -0.2) is 4.79 Å². The van der Waals surface area contributed by atoms with Crippen LogP contribution in [0.5, 0.6) is 0 Å². The van der Waals surface area contributed by atoms with E-state index in [0.717, 1.165) is 11.4 Å². The first-order valence-electron chi connectivity index (χ1n) is 9.06. The van der Waals surface area contributed by atoms with Crippen molar-refractivity contribution in [2.45, 2.75) is 71.1 Å². The van der Waals surface area contributed by atoms with Crippen LogP contribution < -0.4 is 10.6 Å². The van der Waals surface area contributed by atoms with Crippen molar-refractivity contribution in [3.05, 3.63) is 24.0 Å². The van der Waals surface area contributed by atoms with Gasteiger partial charge in [0.05, 0.1) is 17.4 Å². The second-order valence-electron chi connectivity index (χ2n) is 8.13. The summed E-state index contributed by atoms with van der Waals surface area (Å²) in [6, 6.07) is 4.24. The van der Waals surface area contributed by atoms with Gasteiger partial charge in [0.2, 0.25) is 0 Å². The monoisotopic (exact) mass is 331 g/mol. The molecule has 1 aromatic heterocycles. The van der Waals surface area contributed by atoms with Gasteiger partial charge in [-0.05, 0) is 51.7 Å². The minimum Gasteiger partial charge on any atom is -0.444 e. The fraction of sp³-hybridized carbons (Fsp3) is 0.684. The number of fused-ring (bicyclic) bond motifs is 1. The molecule has 5 heteroatoms. The zero-order valence-corrected chi connectivity index (χ0v) is 15.1. The lowest BCUT2D eigenvalue weighted by atomic mass is 9.79. The molecule has 0 bridgehead atoms. The number of ether oxygens (including phenoxy) is 1. The highest BCUT2D eigenvalue weighted by atomic mass is 16.6. The third kappa shape index (κ3) is 3.65. The lowest BCUT2D eigenvalue weighted by Gasteiger charge is -2.41. The van der Waals surface area contributed by atoms with Gasteiger partial charge in [0.1, 0.15) is 5.60 Å². The van der Waals surface area contributed by atoms with Gasteiger partial charge in [-0.2, -0.15) is 0 Å². The van der Waals surface area contributed by atoms with Crippen LogP contribution in [0.2, 0.25) is 0 Å². The van der Waals surface area contributed by atoms with Crippen molar-refractivity contribution in [3.63, 3.8) is 0 Å². The van der Waals surface area contributed by atoms with Crippen LogP contribution in [0.1, 0.15) is 65.1 Å². The van der Waals surface area contributed by atoms with E-state index in [4.69, 9.17) is 4.74 Å². The standard InChI is InChI=1S/C19H29N3O2/c1-12-15(13-8-5-6-9-13)21-14-10-7-11-20-17(14)16(12)22-18(23)24-19(2,3)4/h7,10-13,15-16,21H,5-6,8-9H2,1-4H3,(H,22,23)/t12-,15+,16+/m0/s1. The van der Waals surface area contributed by atoms with Crippen LogP contribution in [-0.4, -0.2) is 22.7 Å². The van der Waals surface area contributed by atoms with Gasteiger partial charge < -0.3 is 15.4 Å². The molecule has 1 fully saturated rings. The number of rotatable bonds is 2. The molecule has 1 aromatic rings.